The number of halogens is 1. The molecule has 0 saturated carbocycles. The van der Waals surface area contributed by atoms with Gasteiger partial charge in [0, 0.05) is 15.8 Å². The Morgan fingerprint density at radius 1 is 1.19 bits per heavy atom. The van der Waals surface area contributed by atoms with Crippen molar-refractivity contribution in [1.82, 2.24) is 0 Å². The Hall–Kier alpha value is -1.83. The van der Waals surface area contributed by atoms with Crippen LogP contribution in [-0.2, 0) is 16.6 Å². The zero-order valence-corrected chi connectivity index (χ0v) is 12.9. The van der Waals surface area contributed by atoms with E-state index in [2.05, 4.69) is 6.07 Å². The largest absolute Gasteiger partial charge is 0.493 e. The van der Waals surface area contributed by atoms with E-state index in [1.54, 1.807) is 30.3 Å². The number of nitrogens with zero attached hydrogens (tertiary/aromatic N) is 1. The standard InChI is InChI=1S/C16H14ClNO2S/c17-16-7-2-1-5-14(16)12-21(19)9-8-20-15-6-3-4-13(10-15)11-18/h1-7,10H,8-9,12H2. The topological polar surface area (TPSA) is 50.1 Å². The van der Waals surface area contributed by atoms with Crippen molar-refractivity contribution in [3.8, 4) is 11.8 Å². The molecule has 0 radical (unpaired) electrons. The lowest BCUT2D eigenvalue weighted by Crippen LogP contribution is -2.10. The molecule has 3 nitrogen and oxygen atoms in total. The van der Waals surface area contributed by atoms with E-state index in [0.29, 0.717) is 34.4 Å². The summed E-state index contributed by atoms with van der Waals surface area (Å²) in [6.45, 7) is 0.339. The van der Waals surface area contributed by atoms with Crippen LogP contribution >= 0.6 is 11.6 Å². The fourth-order valence-corrected chi connectivity index (χ4v) is 3.06. The molecule has 2 aromatic carbocycles. The van der Waals surface area contributed by atoms with Gasteiger partial charge in [0.2, 0.25) is 0 Å². The van der Waals surface area contributed by atoms with E-state index in [-0.39, 0.29) is 0 Å². The van der Waals surface area contributed by atoms with Gasteiger partial charge < -0.3 is 4.74 Å². The molecule has 0 aromatic heterocycles. The molecule has 0 heterocycles. The smallest absolute Gasteiger partial charge is 0.120 e. The highest BCUT2D eigenvalue weighted by molar-refractivity contribution is 7.84. The summed E-state index contributed by atoms with van der Waals surface area (Å²) in [5.41, 5.74) is 1.42. The summed E-state index contributed by atoms with van der Waals surface area (Å²) in [5.74, 6) is 1.45. The SMILES string of the molecule is N#Cc1cccc(OCCS(=O)Cc2ccccc2Cl)c1. The molecule has 0 fully saturated rings. The van der Waals surface area contributed by atoms with Crippen molar-refractivity contribution in [2.45, 2.75) is 5.75 Å². The first-order chi connectivity index (χ1) is 10.2. The predicted octanol–water partition coefficient (Wildman–Crippen LogP) is 3.54. The van der Waals surface area contributed by atoms with E-state index in [0.717, 1.165) is 5.56 Å². The van der Waals surface area contributed by atoms with E-state index in [4.69, 9.17) is 21.6 Å². The van der Waals surface area contributed by atoms with Crippen LogP contribution in [0.3, 0.4) is 0 Å². The normalized spacial score (nSPS) is 11.6. The summed E-state index contributed by atoms with van der Waals surface area (Å²) in [7, 11) is -1.04. The Kier molecular flexibility index (Phi) is 5.79. The Morgan fingerprint density at radius 3 is 2.76 bits per heavy atom. The van der Waals surface area contributed by atoms with Crippen LogP contribution in [0.2, 0.25) is 5.02 Å². The molecule has 1 atom stereocenters. The molecule has 21 heavy (non-hydrogen) atoms. The Bertz CT molecular complexity index is 682. The maximum absolute atomic E-state index is 12.0. The molecular formula is C16H14ClNO2S. The molecule has 0 spiro atoms. The Labute approximate surface area is 131 Å². The zero-order valence-electron chi connectivity index (χ0n) is 11.3. The maximum atomic E-state index is 12.0. The van der Waals surface area contributed by atoms with Crippen molar-refractivity contribution in [2.75, 3.05) is 12.4 Å². The van der Waals surface area contributed by atoms with E-state index < -0.39 is 10.8 Å². The molecule has 0 amide bonds. The van der Waals surface area contributed by atoms with Crippen LogP contribution in [0.1, 0.15) is 11.1 Å². The summed E-state index contributed by atoms with van der Waals surface area (Å²) in [4.78, 5) is 0. The summed E-state index contributed by atoms with van der Waals surface area (Å²) < 4.78 is 17.5. The molecule has 0 saturated heterocycles. The third kappa shape index (κ3) is 4.89. The van der Waals surface area contributed by atoms with Crippen molar-refractivity contribution in [2.24, 2.45) is 0 Å². The highest BCUT2D eigenvalue weighted by Gasteiger charge is 2.06. The van der Waals surface area contributed by atoms with Gasteiger partial charge in [0.25, 0.3) is 0 Å². The Morgan fingerprint density at radius 2 is 2.00 bits per heavy atom. The second-order valence-electron chi connectivity index (χ2n) is 4.37. The minimum Gasteiger partial charge on any atom is -0.493 e. The number of nitriles is 1. The molecule has 0 bridgehead atoms. The molecule has 108 valence electrons. The van der Waals surface area contributed by atoms with Crippen LogP contribution in [-0.4, -0.2) is 16.6 Å². The van der Waals surface area contributed by atoms with E-state index in [1.165, 1.54) is 0 Å². The first-order valence-corrected chi connectivity index (χ1v) is 8.27. The predicted molar refractivity (Wildman–Crippen MR) is 84.8 cm³/mol. The van der Waals surface area contributed by atoms with Gasteiger partial charge in [-0.25, -0.2) is 0 Å². The van der Waals surface area contributed by atoms with Gasteiger partial charge in [-0.3, -0.25) is 4.21 Å². The third-order valence-electron chi connectivity index (χ3n) is 2.82. The number of hydrogen-bond donors (Lipinski definition) is 0. The van der Waals surface area contributed by atoms with Gasteiger partial charge in [-0.15, -0.1) is 0 Å². The van der Waals surface area contributed by atoms with Crippen LogP contribution in [0.15, 0.2) is 48.5 Å². The molecule has 5 heteroatoms. The average molecular weight is 320 g/mol. The van der Waals surface area contributed by atoms with E-state index >= 15 is 0 Å². The summed E-state index contributed by atoms with van der Waals surface area (Å²) in [6.07, 6.45) is 0. The number of benzene rings is 2. The van der Waals surface area contributed by atoms with Gasteiger partial charge in [-0.05, 0) is 29.8 Å². The van der Waals surface area contributed by atoms with Gasteiger partial charge >= 0.3 is 0 Å². The summed E-state index contributed by atoms with van der Waals surface area (Å²) in [5, 5.41) is 9.43. The van der Waals surface area contributed by atoms with Crippen molar-refractivity contribution in [3.63, 3.8) is 0 Å². The molecule has 2 aromatic rings. The second-order valence-corrected chi connectivity index (χ2v) is 6.35. The van der Waals surface area contributed by atoms with Gasteiger partial charge in [0.15, 0.2) is 0 Å². The third-order valence-corrected chi connectivity index (χ3v) is 4.44. The number of hydrogen-bond acceptors (Lipinski definition) is 3. The lowest BCUT2D eigenvalue weighted by atomic mass is 10.2. The van der Waals surface area contributed by atoms with Crippen molar-refractivity contribution < 1.29 is 8.95 Å². The average Bonchev–Trinajstić information content (AvgIpc) is 2.50. The highest BCUT2D eigenvalue weighted by atomic mass is 35.5. The van der Waals surface area contributed by atoms with Crippen molar-refractivity contribution >= 4 is 22.4 Å². The van der Waals surface area contributed by atoms with Crippen molar-refractivity contribution in [1.29, 1.82) is 5.26 Å². The van der Waals surface area contributed by atoms with Crippen molar-refractivity contribution in [3.05, 3.63) is 64.7 Å². The second kappa shape index (κ2) is 7.82. The lowest BCUT2D eigenvalue weighted by Gasteiger charge is -2.07. The molecule has 0 N–H and O–H groups in total. The molecule has 2 rings (SSSR count). The van der Waals surface area contributed by atoms with Gasteiger partial charge in [-0.2, -0.15) is 5.26 Å². The maximum Gasteiger partial charge on any atom is 0.120 e. The quantitative estimate of drug-likeness (QED) is 0.818. The molecule has 0 aliphatic carbocycles. The fraction of sp³-hybridized carbons (Fsp3) is 0.188. The first-order valence-electron chi connectivity index (χ1n) is 6.40. The monoisotopic (exact) mass is 319 g/mol. The van der Waals surface area contributed by atoms with Gasteiger partial charge in [0.05, 0.1) is 29.7 Å². The molecule has 0 aliphatic rings. The van der Waals surface area contributed by atoms with Crippen LogP contribution in [0.5, 0.6) is 5.75 Å². The highest BCUT2D eigenvalue weighted by Crippen LogP contribution is 2.17. The van der Waals surface area contributed by atoms with Crippen LogP contribution in [0, 0.1) is 11.3 Å². The van der Waals surface area contributed by atoms with Crippen LogP contribution < -0.4 is 4.74 Å². The number of rotatable bonds is 6. The Balaban J connectivity index is 1.82. The molecule has 0 aliphatic heterocycles. The minimum absolute atomic E-state index is 0.339. The summed E-state index contributed by atoms with van der Waals surface area (Å²) in [6, 6.07) is 16.3. The zero-order chi connectivity index (χ0) is 15.1. The van der Waals surface area contributed by atoms with Gasteiger partial charge in [0.1, 0.15) is 5.75 Å². The number of ether oxygens (including phenoxy) is 1. The van der Waals surface area contributed by atoms with Crippen LogP contribution in [0.25, 0.3) is 0 Å². The summed E-state index contributed by atoms with van der Waals surface area (Å²) >= 11 is 6.04. The first kappa shape index (κ1) is 15.6. The lowest BCUT2D eigenvalue weighted by molar-refractivity contribution is 0.342. The minimum atomic E-state index is -1.04. The fourth-order valence-electron chi connectivity index (χ4n) is 1.77. The van der Waals surface area contributed by atoms with Crippen LogP contribution in [0.4, 0.5) is 0 Å². The molecular weight excluding hydrogens is 306 g/mol. The van der Waals surface area contributed by atoms with Gasteiger partial charge in [-0.1, -0.05) is 35.9 Å². The van der Waals surface area contributed by atoms with E-state index in [1.807, 2.05) is 18.2 Å². The van der Waals surface area contributed by atoms with E-state index in [9.17, 15) is 4.21 Å². The molecule has 1 unspecified atom stereocenters.